The second kappa shape index (κ2) is 13.5. The number of alkyl carbamates (subject to hydrolysis) is 2. The topological polar surface area (TPSA) is 123 Å². The maximum absolute atomic E-state index is 13.5. The molecule has 0 spiro atoms. The summed E-state index contributed by atoms with van der Waals surface area (Å²) in [5.41, 5.74) is 0.867. The van der Waals surface area contributed by atoms with Crippen molar-refractivity contribution in [2.75, 3.05) is 13.1 Å². The molecule has 0 aromatic heterocycles. The summed E-state index contributed by atoms with van der Waals surface area (Å²) in [7, 11) is 0. The number of amides is 3. The van der Waals surface area contributed by atoms with E-state index in [0.29, 0.717) is 19.4 Å². The molecule has 1 fully saturated rings. The minimum absolute atomic E-state index is 0.00519. The third kappa shape index (κ3) is 9.10. The number of carbonyl (C=O) groups is 4. The van der Waals surface area contributed by atoms with Crippen LogP contribution in [0.5, 0.6) is 0 Å². The fourth-order valence-electron chi connectivity index (χ4n) is 3.91. The Balaban J connectivity index is 1.65. The van der Waals surface area contributed by atoms with E-state index in [2.05, 4.69) is 10.6 Å². The van der Waals surface area contributed by atoms with Crippen LogP contribution in [0.1, 0.15) is 44.7 Å². The van der Waals surface area contributed by atoms with Crippen molar-refractivity contribution in [3.63, 3.8) is 0 Å². The molecule has 10 nitrogen and oxygen atoms in total. The van der Waals surface area contributed by atoms with Gasteiger partial charge in [0.25, 0.3) is 0 Å². The van der Waals surface area contributed by atoms with Crippen molar-refractivity contribution < 1.29 is 33.4 Å². The molecular formula is C28H35N3O7. The third-order valence-corrected chi connectivity index (χ3v) is 5.68. The maximum atomic E-state index is 13.5. The van der Waals surface area contributed by atoms with E-state index in [-0.39, 0.29) is 19.8 Å². The Morgan fingerprint density at radius 3 is 2.05 bits per heavy atom. The average Bonchev–Trinajstić information content (AvgIpc) is 3.38. The largest absolute Gasteiger partial charge is 0.459 e. The number of rotatable bonds is 9. The molecule has 2 aromatic carbocycles. The van der Waals surface area contributed by atoms with E-state index in [1.54, 1.807) is 32.9 Å². The van der Waals surface area contributed by atoms with Crippen molar-refractivity contribution in [1.82, 2.24) is 15.5 Å². The van der Waals surface area contributed by atoms with Crippen molar-refractivity contribution >= 4 is 24.1 Å². The van der Waals surface area contributed by atoms with Crippen LogP contribution in [0.4, 0.5) is 9.59 Å². The zero-order chi connectivity index (χ0) is 27.5. The van der Waals surface area contributed by atoms with Gasteiger partial charge in [-0.3, -0.25) is 4.79 Å². The first-order chi connectivity index (χ1) is 18.1. The summed E-state index contributed by atoms with van der Waals surface area (Å²) in [5.74, 6) is -1.05. The first kappa shape index (κ1) is 28.5. The van der Waals surface area contributed by atoms with E-state index in [9.17, 15) is 19.2 Å². The van der Waals surface area contributed by atoms with Gasteiger partial charge in [0.2, 0.25) is 5.91 Å². The van der Waals surface area contributed by atoms with E-state index in [1.165, 1.54) is 4.90 Å². The van der Waals surface area contributed by atoms with Crippen molar-refractivity contribution in [2.45, 2.75) is 64.5 Å². The van der Waals surface area contributed by atoms with E-state index in [0.717, 1.165) is 11.1 Å². The van der Waals surface area contributed by atoms with Gasteiger partial charge >= 0.3 is 18.2 Å². The van der Waals surface area contributed by atoms with Crippen molar-refractivity contribution in [3.05, 3.63) is 71.8 Å². The minimum Gasteiger partial charge on any atom is -0.459 e. The average molecular weight is 526 g/mol. The highest BCUT2D eigenvalue weighted by atomic mass is 16.6. The summed E-state index contributed by atoms with van der Waals surface area (Å²) < 4.78 is 16.0. The molecule has 10 heteroatoms. The predicted molar refractivity (Wildman–Crippen MR) is 139 cm³/mol. The number of carbonyl (C=O) groups excluding carboxylic acids is 4. The van der Waals surface area contributed by atoms with Gasteiger partial charge in [-0.15, -0.1) is 0 Å². The molecule has 38 heavy (non-hydrogen) atoms. The van der Waals surface area contributed by atoms with Crippen LogP contribution in [-0.2, 0) is 37.0 Å². The Labute approximate surface area is 222 Å². The molecule has 0 radical (unpaired) electrons. The Morgan fingerprint density at radius 1 is 0.895 bits per heavy atom. The van der Waals surface area contributed by atoms with Crippen LogP contribution in [0.15, 0.2) is 60.7 Å². The number of nitrogens with one attached hydrogen (secondary N) is 2. The van der Waals surface area contributed by atoms with Crippen LogP contribution in [0.3, 0.4) is 0 Å². The molecular weight excluding hydrogens is 490 g/mol. The molecule has 3 rings (SSSR count). The van der Waals surface area contributed by atoms with Gasteiger partial charge in [0.15, 0.2) is 0 Å². The molecule has 2 aromatic rings. The smallest absolute Gasteiger partial charge is 0.408 e. The lowest BCUT2D eigenvalue weighted by Gasteiger charge is -2.28. The van der Waals surface area contributed by atoms with Crippen LogP contribution in [-0.4, -0.2) is 59.7 Å². The highest BCUT2D eigenvalue weighted by Crippen LogP contribution is 2.20. The standard InChI is InChI=1S/C28H35N3O7/c1-28(2,3)38-26(34)29-17-22(30-27(35)37-19-21-13-8-5-9-14-21)24(32)31-16-10-15-23(31)25(33)36-18-20-11-6-4-7-12-20/h4-9,11-14,22-23H,10,15-19H2,1-3H3,(H,29,34)(H,30,35)/t22-,23-/m0/s1. The number of benzene rings is 2. The van der Waals surface area contributed by atoms with E-state index in [4.69, 9.17) is 14.2 Å². The van der Waals surface area contributed by atoms with Gasteiger partial charge < -0.3 is 29.7 Å². The SMILES string of the molecule is CC(C)(C)OC(=O)NC[C@H](NC(=O)OCc1ccccc1)C(=O)N1CCC[C@H]1C(=O)OCc1ccccc1. The molecule has 0 bridgehead atoms. The highest BCUT2D eigenvalue weighted by molar-refractivity contribution is 5.90. The zero-order valence-corrected chi connectivity index (χ0v) is 22.0. The molecule has 2 N–H and O–H groups in total. The molecule has 1 aliphatic heterocycles. The van der Waals surface area contributed by atoms with Gasteiger partial charge in [0.1, 0.15) is 30.9 Å². The number of hydrogen-bond acceptors (Lipinski definition) is 7. The Bertz CT molecular complexity index is 1090. The lowest BCUT2D eigenvalue weighted by molar-refractivity contribution is -0.155. The molecule has 1 aliphatic rings. The van der Waals surface area contributed by atoms with Crippen LogP contribution < -0.4 is 10.6 Å². The normalized spacial score (nSPS) is 15.8. The van der Waals surface area contributed by atoms with Crippen LogP contribution >= 0.6 is 0 Å². The predicted octanol–water partition coefficient (Wildman–Crippen LogP) is 3.54. The minimum atomic E-state index is -1.19. The molecule has 2 atom stereocenters. The lowest BCUT2D eigenvalue weighted by atomic mass is 10.2. The Morgan fingerprint density at radius 2 is 1.47 bits per heavy atom. The van der Waals surface area contributed by atoms with Crippen molar-refractivity contribution in [2.24, 2.45) is 0 Å². The molecule has 1 heterocycles. The molecule has 204 valence electrons. The van der Waals surface area contributed by atoms with Gasteiger partial charge in [0, 0.05) is 6.54 Å². The maximum Gasteiger partial charge on any atom is 0.408 e. The van der Waals surface area contributed by atoms with Crippen LogP contribution in [0.25, 0.3) is 0 Å². The number of likely N-dealkylation sites (tertiary alicyclic amines) is 1. The molecule has 1 saturated heterocycles. The van der Waals surface area contributed by atoms with Crippen LogP contribution in [0, 0.1) is 0 Å². The number of hydrogen-bond donors (Lipinski definition) is 2. The molecule has 3 amide bonds. The third-order valence-electron chi connectivity index (χ3n) is 5.68. The monoisotopic (exact) mass is 525 g/mol. The van der Waals surface area contributed by atoms with Gasteiger partial charge in [0.05, 0.1) is 6.54 Å². The summed E-state index contributed by atoms with van der Waals surface area (Å²) >= 11 is 0. The number of esters is 1. The highest BCUT2D eigenvalue weighted by Gasteiger charge is 2.39. The van der Waals surface area contributed by atoms with Gasteiger partial charge in [-0.1, -0.05) is 60.7 Å². The summed E-state index contributed by atoms with van der Waals surface area (Å²) in [6, 6.07) is 16.3. The second-order valence-electron chi connectivity index (χ2n) is 9.92. The first-order valence-corrected chi connectivity index (χ1v) is 12.6. The summed E-state index contributed by atoms with van der Waals surface area (Å²) in [4.78, 5) is 52.5. The zero-order valence-electron chi connectivity index (χ0n) is 22.0. The Kier molecular flexibility index (Phi) is 10.1. The fraction of sp³-hybridized carbons (Fsp3) is 0.429. The number of nitrogens with zero attached hydrogens (tertiary/aromatic N) is 1. The quantitative estimate of drug-likeness (QED) is 0.379. The van der Waals surface area contributed by atoms with Gasteiger partial charge in [-0.2, -0.15) is 0 Å². The molecule has 0 aliphatic carbocycles. The van der Waals surface area contributed by atoms with E-state index in [1.807, 2.05) is 48.5 Å². The Hall–Kier alpha value is -4.08. The summed E-state index contributed by atoms with van der Waals surface area (Å²) in [5, 5.41) is 5.04. The fourth-order valence-corrected chi connectivity index (χ4v) is 3.91. The first-order valence-electron chi connectivity index (χ1n) is 12.6. The molecule has 0 unspecified atom stereocenters. The van der Waals surface area contributed by atoms with E-state index < -0.39 is 41.7 Å². The number of ether oxygens (including phenoxy) is 3. The van der Waals surface area contributed by atoms with Crippen LogP contribution in [0.2, 0.25) is 0 Å². The summed E-state index contributed by atoms with van der Waals surface area (Å²) in [6.45, 7) is 5.29. The second-order valence-corrected chi connectivity index (χ2v) is 9.92. The van der Waals surface area contributed by atoms with Crippen molar-refractivity contribution in [3.8, 4) is 0 Å². The summed E-state index contributed by atoms with van der Waals surface area (Å²) in [6.07, 6.45) is -0.540. The molecule has 0 saturated carbocycles. The lowest BCUT2D eigenvalue weighted by Crippen LogP contribution is -2.56. The van der Waals surface area contributed by atoms with Gasteiger partial charge in [-0.05, 0) is 44.7 Å². The van der Waals surface area contributed by atoms with Gasteiger partial charge in [-0.25, -0.2) is 14.4 Å². The van der Waals surface area contributed by atoms with Crippen molar-refractivity contribution in [1.29, 1.82) is 0 Å². The van der Waals surface area contributed by atoms with E-state index >= 15 is 0 Å².